The van der Waals surface area contributed by atoms with E-state index in [1.54, 1.807) is 11.3 Å². The van der Waals surface area contributed by atoms with Crippen molar-refractivity contribution in [2.75, 3.05) is 0 Å². The average Bonchev–Trinajstić information content (AvgIpc) is 2.96. The molecule has 0 saturated heterocycles. The van der Waals surface area contributed by atoms with Gasteiger partial charge in [0.25, 0.3) is 0 Å². The number of carbonyl (C=O) groups excluding carboxylic acids is 1. The quantitative estimate of drug-likeness (QED) is 0.682. The zero-order valence-corrected chi connectivity index (χ0v) is 14.0. The van der Waals surface area contributed by atoms with Crippen LogP contribution in [-0.2, 0) is 17.6 Å². The maximum absolute atomic E-state index is 12.8. The van der Waals surface area contributed by atoms with E-state index in [1.165, 1.54) is 9.75 Å². The number of benzene rings is 1. The molecule has 0 saturated carbocycles. The molecule has 0 aliphatic carbocycles. The van der Waals surface area contributed by atoms with Gasteiger partial charge >= 0.3 is 0 Å². The van der Waals surface area contributed by atoms with E-state index in [4.69, 9.17) is 0 Å². The van der Waals surface area contributed by atoms with Gasteiger partial charge in [-0.2, -0.15) is 0 Å². The van der Waals surface area contributed by atoms with Crippen LogP contribution < -0.4 is 0 Å². The Morgan fingerprint density at radius 2 is 1.71 bits per heavy atom. The molecule has 1 aromatic heterocycles. The highest BCUT2D eigenvalue weighted by Crippen LogP contribution is 2.30. The van der Waals surface area contributed by atoms with E-state index in [-0.39, 0.29) is 5.92 Å². The first-order valence-electron chi connectivity index (χ1n) is 7.80. The van der Waals surface area contributed by atoms with E-state index in [0.29, 0.717) is 18.1 Å². The molecule has 0 N–H and O–H groups in total. The molecule has 0 aliphatic rings. The first-order valence-corrected chi connectivity index (χ1v) is 8.62. The highest BCUT2D eigenvalue weighted by molar-refractivity contribution is 7.12. The lowest BCUT2D eigenvalue weighted by Gasteiger charge is -2.22. The van der Waals surface area contributed by atoms with E-state index < -0.39 is 0 Å². The molecular weight excluding hydrogens is 276 g/mol. The molecule has 2 atom stereocenters. The Bertz CT molecular complexity index is 570. The fraction of sp³-hybridized carbons (Fsp3) is 0.421. The summed E-state index contributed by atoms with van der Waals surface area (Å²) in [5.41, 5.74) is 1.16. The number of aryl methyl sites for hydroxylation is 1. The third kappa shape index (κ3) is 4.04. The van der Waals surface area contributed by atoms with Gasteiger partial charge in [0.1, 0.15) is 5.78 Å². The van der Waals surface area contributed by atoms with Crippen molar-refractivity contribution in [3.8, 4) is 0 Å². The van der Waals surface area contributed by atoms with E-state index in [2.05, 4.69) is 45.0 Å². The zero-order chi connectivity index (χ0) is 15.2. The van der Waals surface area contributed by atoms with E-state index >= 15 is 0 Å². The molecule has 0 aliphatic heterocycles. The molecule has 0 spiro atoms. The van der Waals surface area contributed by atoms with Crippen LogP contribution >= 0.6 is 11.3 Å². The minimum atomic E-state index is 0.0170. The Hall–Kier alpha value is -1.41. The van der Waals surface area contributed by atoms with Gasteiger partial charge in [-0.25, -0.2) is 0 Å². The van der Waals surface area contributed by atoms with Crippen molar-refractivity contribution in [2.45, 2.75) is 46.0 Å². The van der Waals surface area contributed by atoms with Gasteiger partial charge < -0.3 is 0 Å². The van der Waals surface area contributed by atoms with Crippen LogP contribution in [0.4, 0.5) is 0 Å². The lowest BCUT2D eigenvalue weighted by atomic mass is 9.81. The van der Waals surface area contributed by atoms with Crippen LogP contribution in [0.1, 0.15) is 48.4 Å². The topological polar surface area (TPSA) is 17.1 Å². The summed E-state index contributed by atoms with van der Waals surface area (Å²) in [7, 11) is 0. The number of rotatable bonds is 7. The van der Waals surface area contributed by atoms with E-state index in [0.717, 1.165) is 18.4 Å². The molecule has 21 heavy (non-hydrogen) atoms. The fourth-order valence-electron chi connectivity index (χ4n) is 2.72. The van der Waals surface area contributed by atoms with Gasteiger partial charge in [0, 0.05) is 22.1 Å². The Morgan fingerprint density at radius 1 is 1.05 bits per heavy atom. The standard InChI is InChI=1S/C19H24OS/c1-4-14(3)19(15-9-7-6-8-10-15)18(20)13-17-12-11-16(5-2)21-17/h6-12,14,19H,4-5,13H2,1-3H3. The summed E-state index contributed by atoms with van der Waals surface area (Å²) in [6.07, 6.45) is 2.64. The molecule has 0 radical (unpaired) electrons. The lowest BCUT2D eigenvalue weighted by molar-refractivity contribution is -0.120. The molecular formula is C19H24OS. The summed E-state index contributed by atoms with van der Waals surface area (Å²) in [5.74, 6) is 0.744. The molecule has 112 valence electrons. The van der Waals surface area contributed by atoms with Crippen molar-refractivity contribution in [3.05, 3.63) is 57.8 Å². The van der Waals surface area contributed by atoms with Crippen LogP contribution in [0.25, 0.3) is 0 Å². The fourth-order valence-corrected chi connectivity index (χ4v) is 3.68. The Labute approximate surface area is 132 Å². The SMILES string of the molecule is CCc1ccc(CC(=O)C(c2ccccc2)C(C)CC)s1. The van der Waals surface area contributed by atoms with Crippen LogP contribution in [-0.4, -0.2) is 5.78 Å². The summed E-state index contributed by atoms with van der Waals surface area (Å²) < 4.78 is 0. The first kappa shape index (κ1) is 16.0. The molecule has 1 nitrogen and oxygen atoms in total. The van der Waals surface area contributed by atoms with Crippen molar-refractivity contribution in [2.24, 2.45) is 5.92 Å². The van der Waals surface area contributed by atoms with Gasteiger partial charge in [0.2, 0.25) is 0 Å². The molecule has 0 bridgehead atoms. The number of carbonyl (C=O) groups is 1. The van der Waals surface area contributed by atoms with Gasteiger partial charge in [0.05, 0.1) is 0 Å². The summed E-state index contributed by atoms with van der Waals surface area (Å²) in [6, 6.07) is 14.5. The Balaban J connectivity index is 2.18. The molecule has 0 amide bonds. The van der Waals surface area contributed by atoms with E-state index in [1.807, 2.05) is 18.2 Å². The first-order chi connectivity index (χ1) is 10.2. The normalized spacial score (nSPS) is 13.9. The van der Waals surface area contributed by atoms with Crippen molar-refractivity contribution in [3.63, 3.8) is 0 Å². The highest BCUT2D eigenvalue weighted by Gasteiger charge is 2.25. The minimum Gasteiger partial charge on any atom is -0.299 e. The maximum atomic E-state index is 12.8. The van der Waals surface area contributed by atoms with Gasteiger partial charge in [-0.1, -0.05) is 57.5 Å². The van der Waals surface area contributed by atoms with Crippen LogP contribution in [0.2, 0.25) is 0 Å². The third-order valence-electron chi connectivity index (χ3n) is 4.13. The van der Waals surface area contributed by atoms with E-state index in [9.17, 15) is 4.79 Å². The van der Waals surface area contributed by atoms with Crippen LogP contribution in [0.3, 0.4) is 0 Å². The predicted octanol–water partition coefficient (Wildman–Crippen LogP) is 5.25. The predicted molar refractivity (Wildman–Crippen MR) is 91.0 cm³/mol. The molecule has 2 aromatic rings. The number of hydrogen-bond donors (Lipinski definition) is 0. The Kier molecular flexibility index (Phi) is 5.75. The second-order valence-electron chi connectivity index (χ2n) is 5.64. The second-order valence-corrected chi connectivity index (χ2v) is 6.89. The zero-order valence-electron chi connectivity index (χ0n) is 13.1. The molecule has 2 unspecified atom stereocenters. The van der Waals surface area contributed by atoms with Gasteiger partial charge in [-0.3, -0.25) is 4.79 Å². The number of thiophene rings is 1. The lowest BCUT2D eigenvalue weighted by Crippen LogP contribution is -2.21. The van der Waals surface area contributed by atoms with Gasteiger partial charge in [0.15, 0.2) is 0 Å². The summed E-state index contributed by atoms with van der Waals surface area (Å²) in [5, 5.41) is 0. The van der Waals surface area contributed by atoms with Crippen LogP contribution in [0.5, 0.6) is 0 Å². The van der Waals surface area contributed by atoms with Crippen molar-refractivity contribution < 1.29 is 4.79 Å². The van der Waals surface area contributed by atoms with Crippen molar-refractivity contribution in [1.29, 1.82) is 0 Å². The molecule has 1 aromatic carbocycles. The minimum absolute atomic E-state index is 0.0170. The summed E-state index contributed by atoms with van der Waals surface area (Å²) in [4.78, 5) is 15.4. The molecule has 2 rings (SSSR count). The number of Topliss-reactive ketones (excluding diaryl/α,β-unsaturated/α-hetero) is 1. The summed E-state index contributed by atoms with van der Waals surface area (Å²) >= 11 is 1.77. The summed E-state index contributed by atoms with van der Waals surface area (Å²) in [6.45, 7) is 6.50. The second kappa shape index (κ2) is 7.56. The Morgan fingerprint density at radius 3 is 2.29 bits per heavy atom. The third-order valence-corrected chi connectivity index (χ3v) is 5.36. The average molecular weight is 300 g/mol. The molecule has 0 fully saturated rings. The molecule has 1 heterocycles. The number of ketones is 1. The monoisotopic (exact) mass is 300 g/mol. The molecule has 2 heteroatoms. The largest absolute Gasteiger partial charge is 0.299 e. The highest BCUT2D eigenvalue weighted by atomic mass is 32.1. The number of hydrogen-bond acceptors (Lipinski definition) is 2. The maximum Gasteiger partial charge on any atom is 0.145 e. The van der Waals surface area contributed by atoms with Crippen LogP contribution in [0, 0.1) is 5.92 Å². The van der Waals surface area contributed by atoms with Crippen molar-refractivity contribution in [1.82, 2.24) is 0 Å². The smallest absolute Gasteiger partial charge is 0.145 e. The van der Waals surface area contributed by atoms with Gasteiger partial charge in [-0.15, -0.1) is 11.3 Å². The van der Waals surface area contributed by atoms with Crippen molar-refractivity contribution >= 4 is 17.1 Å². The van der Waals surface area contributed by atoms with Crippen LogP contribution in [0.15, 0.2) is 42.5 Å². The van der Waals surface area contributed by atoms with Gasteiger partial charge in [-0.05, 0) is 30.0 Å².